The average Bonchev–Trinajstić information content (AvgIpc) is 3.27. The van der Waals surface area contributed by atoms with Gasteiger partial charge in [0.15, 0.2) is 0 Å². The molecule has 7 heteroatoms. The molecule has 154 valence electrons. The molecular formula is C22H29N5O2. The second kappa shape index (κ2) is 8.35. The van der Waals surface area contributed by atoms with E-state index in [0.717, 1.165) is 51.0 Å². The molecule has 29 heavy (non-hydrogen) atoms. The van der Waals surface area contributed by atoms with Gasteiger partial charge in [-0.25, -0.2) is 0 Å². The van der Waals surface area contributed by atoms with Gasteiger partial charge >= 0.3 is 0 Å². The summed E-state index contributed by atoms with van der Waals surface area (Å²) >= 11 is 0. The van der Waals surface area contributed by atoms with Crippen molar-refractivity contribution in [1.82, 2.24) is 24.6 Å². The molecule has 7 nitrogen and oxygen atoms in total. The highest BCUT2D eigenvalue weighted by Gasteiger charge is 2.42. The van der Waals surface area contributed by atoms with Gasteiger partial charge in [0, 0.05) is 44.6 Å². The fourth-order valence-electron chi connectivity index (χ4n) is 4.69. The normalized spacial score (nSPS) is 20.1. The molecule has 4 heterocycles. The monoisotopic (exact) mass is 395 g/mol. The van der Waals surface area contributed by atoms with Crippen molar-refractivity contribution in [3.8, 4) is 0 Å². The molecule has 1 atom stereocenters. The Kier molecular flexibility index (Phi) is 5.65. The maximum atomic E-state index is 13.0. The predicted molar refractivity (Wildman–Crippen MR) is 109 cm³/mol. The Morgan fingerprint density at radius 3 is 2.66 bits per heavy atom. The standard InChI is InChI=1S/C22H29N5O2/c1-2-19(27-13-5-12-24-27)21(29)25-14-9-22(10-15-25)8-7-20(28)26(17-22)16-18-6-3-4-11-23-18/h3-6,11-13,19H,2,7-10,14-17H2,1H3/t19-/m0/s1. The first-order valence-electron chi connectivity index (χ1n) is 10.6. The summed E-state index contributed by atoms with van der Waals surface area (Å²) < 4.78 is 1.76. The van der Waals surface area contributed by atoms with Gasteiger partial charge in [-0.05, 0) is 49.3 Å². The second-order valence-corrected chi connectivity index (χ2v) is 8.31. The minimum atomic E-state index is -0.229. The maximum absolute atomic E-state index is 13.0. The molecule has 4 rings (SSSR count). The second-order valence-electron chi connectivity index (χ2n) is 8.31. The number of amides is 2. The summed E-state index contributed by atoms with van der Waals surface area (Å²) in [6.07, 6.45) is 9.48. The number of nitrogens with zero attached hydrogens (tertiary/aromatic N) is 5. The van der Waals surface area contributed by atoms with Gasteiger partial charge in [0.2, 0.25) is 11.8 Å². The molecule has 0 aromatic carbocycles. The lowest BCUT2D eigenvalue weighted by Gasteiger charge is -2.47. The molecule has 2 aromatic heterocycles. The summed E-state index contributed by atoms with van der Waals surface area (Å²) in [5, 5.41) is 4.26. The van der Waals surface area contributed by atoms with Gasteiger partial charge in [0.1, 0.15) is 6.04 Å². The summed E-state index contributed by atoms with van der Waals surface area (Å²) in [6, 6.07) is 7.45. The number of hydrogen-bond acceptors (Lipinski definition) is 4. The molecule has 2 aliphatic heterocycles. The molecule has 2 saturated heterocycles. The lowest BCUT2D eigenvalue weighted by atomic mass is 9.72. The van der Waals surface area contributed by atoms with E-state index in [0.29, 0.717) is 13.0 Å². The molecule has 1 spiro atoms. The molecule has 2 aliphatic rings. The third kappa shape index (κ3) is 4.18. The van der Waals surface area contributed by atoms with Crippen molar-refractivity contribution >= 4 is 11.8 Å². The highest BCUT2D eigenvalue weighted by Crippen LogP contribution is 2.41. The number of likely N-dealkylation sites (tertiary alicyclic amines) is 2. The Hall–Kier alpha value is -2.70. The number of pyridine rings is 1. The Morgan fingerprint density at radius 1 is 1.17 bits per heavy atom. The van der Waals surface area contributed by atoms with Crippen LogP contribution in [0.1, 0.15) is 50.8 Å². The van der Waals surface area contributed by atoms with Crippen molar-refractivity contribution in [2.24, 2.45) is 5.41 Å². The minimum absolute atomic E-state index is 0.118. The molecule has 0 bridgehead atoms. The number of carbonyl (C=O) groups is 2. The van der Waals surface area contributed by atoms with E-state index in [1.807, 2.05) is 47.2 Å². The Morgan fingerprint density at radius 2 is 2.00 bits per heavy atom. The molecular weight excluding hydrogens is 366 g/mol. The SMILES string of the molecule is CC[C@@H](C(=O)N1CCC2(CCC(=O)N(Cc3ccccn3)C2)CC1)n1cccn1. The summed E-state index contributed by atoms with van der Waals surface area (Å²) in [6.45, 7) is 4.87. The van der Waals surface area contributed by atoms with Crippen LogP contribution in [0, 0.1) is 5.41 Å². The highest BCUT2D eigenvalue weighted by molar-refractivity contribution is 5.80. The Labute approximate surface area is 171 Å². The summed E-state index contributed by atoms with van der Waals surface area (Å²) in [4.78, 5) is 33.9. The number of hydrogen-bond donors (Lipinski definition) is 0. The summed E-state index contributed by atoms with van der Waals surface area (Å²) in [5.41, 5.74) is 1.04. The van der Waals surface area contributed by atoms with Gasteiger partial charge in [0.25, 0.3) is 0 Å². The van der Waals surface area contributed by atoms with Crippen molar-refractivity contribution in [1.29, 1.82) is 0 Å². The van der Waals surface area contributed by atoms with Crippen LogP contribution in [0.3, 0.4) is 0 Å². The number of rotatable bonds is 5. The predicted octanol–water partition coefficient (Wildman–Crippen LogP) is 2.66. The van der Waals surface area contributed by atoms with Crippen LogP contribution < -0.4 is 0 Å². The van der Waals surface area contributed by atoms with E-state index < -0.39 is 0 Å². The van der Waals surface area contributed by atoms with Crippen LogP contribution in [0.5, 0.6) is 0 Å². The van der Waals surface area contributed by atoms with Gasteiger partial charge in [0.05, 0.1) is 12.2 Å². The van der Waals surface area contributed by atoms with E-state index in [1.165, 1.54) is 0 Å². The average molecular weight is 396 g/mol. The van der Waals surface area contributed by atoms with Crippen molar-refractivity contribution in [3.05, 3.63) is 48.5 Å². The third-order valence-corrected chi connectivity index (χ3v) is 6.48. The zero-order valence-electron chi connectivity index (χ0n) is 17.0. The van der Waals surface area contributed by atoms with E-state index in [1.54, 1.807) is 17.1 Å². The van der Waals surface area contributed by atoms with E-state index in [4.69, 9.17) is 0 Å². The van der Waals surface area contributed by atoms with Crippen LogP contribution in [0.2, 0.25) is 0 Å². The number of aromatic nitrogens is 3. The zero-order chi connectivity index (χ0) is 20.3. The Bertz CT molecular complexity index is 828. The molecule has 0 unspecified atom stereocenters. The maximum Gasteiger partial charge on any atom is 0.247 e. The van der Waals surface area contributed by atoms with Crippen LogP contribution in [0.4, 0.5) is 0 Å². The largest absolute Gasteiger partial charge is 0.341 e. The van der Waals surface area contributed by atoms with Gasteiger partial charge in [-0.15, -0.1) is 0 Å². The van der Waals surface area contributed by atoms with Gasteiger partial charge in [-0.1, -0.05) is 13.0 Å². The molecule has 2 fully saturated rings. The van der Waals surface area contributed by atoms with Gasteiger partial charge < -0.3 is 9.80 Å². The first-order valence-corrected chi connectivity index (χ1v) is 10.6. The van der Waals surface area contributed by atoms with Crippen LogP contribution in [0.15, 0.2) is 42.9 Å². The van der Waals surface area contributed by atoms with Crippen molar-refractivity contribution in [3.63, 3.8) is 0 Å². The highest BCUT2D eigenvalue weighted by atomic mass is 16.2. The fourth-order valence-corrected chi connectivity index (χ4v) is 4.69. The molecule has 0 N–H and O–H groups in total. The first-order chi connectivity index (χ1) is 14.1. The summed E-state index contributed by atoms with van der Waals surface area (Å²) in [5.74, 6) is 0.368. The van der Waals surface area contributed by atoms with Gasteiger partial charge in [-0.3, -0.25) is 19.3 Å². The van der Waals surface area contributed by atoms with E-state index in [9.17, 15) is 9.59 Å². The van der Waals surface area contributed by atoms with Gasteiger partial charge in [-0.2, -0.15) is 5.10 Å². The molecule has 0 aliphatic carbocycles. The molecule has 2 amide bonds. The topological polar surface area (TPSA) is 71.3 Å². The van der Waals surface area contributed by atoms with Crippen molar-refractivity contribution < 1.29 is 9.59 Å². The smallest absolute Gasteiger partial charge is 0.247 e. The molecule has 0 radical (unpaired) electrons. The van der Waals surface area contributed by atoms with Crippen LogP contribution in [-0.4, -0.2) is 56.0 Å². The van der Waals surface area contributed by atoms with Crippen molar-refractivity contribution in [2.45, 2.75) is 51.6 Å². The lowest BCUT2D eigenvalue weighted by molar-refractivity contribution is -0.144. The van der Waals surface area contributed by atoms with E-state index in [2.05, 4.69) is 10.1 Å². The number of carbonyl (C=O) groups excluding carboxylic acids is 2. The lowest BCUT2D eigenvalue weighted by Crippen LogP contribution is -2.52. The van der Waals surface area contributed by atoms with Crippen LogP contribution in [0.25, 0.3) is 0 Å². The third-order valence-electron chi connectivity index (χ3n) is 6.48. The van der Waals surface area contributed by atoms with Crippen LogP contribution in [-0.2, 0) is 16.1 Å². The van der Waals surface area contributed by atoms with Crippen LogP contribution >= 0.6 is 0 Å². The fraction of sp³-hybridized carbons (Fsp3) is 0.545. The molecule has 0 saturated carbocycles. The minimum Gasteiger partial charge on any atom is -0.341 e. The first kappa shape index (κ1) is 19.6. The summed E-state index contributed by atoms with van der Waals surface area (Å²) in [7, 11) is 0. The van der Waals surface area contributed by atoms with E-state index >= 15 is 0 Å². The quantitative estimate of drug-likeness (QED) is 0.780. The van der Waals surface area contributed by atoms with Crippen molar-refractivity contribution in [2.75, 3.05) is 19.6 Å². The Balaban J connectivity index is 1.39. The van der Waals surface area contributed by atoms with E-state index in [-0.39, 0.29) is 23.3 Å². The molecule has 2 aromatic rings. The zero-order valence-corrected chi connectivity index (χ0v) is 17.0. The number of piperidine rings is 2.